The van der Waals surface area contributed by atoms with Crippen molar-refractivity contribution in [1.82, 2.24) is 0 Å². The molecule has 0 spiro atoms. The van der Waals surface area contributed by atoms with Gasteiger partial charge in [-0.3, -0.25) is 9.69 Å². The van der Waals surface area contributed by atoms with Gasteiger partial charge in [0.2, 0.25) is 0 Å². The number of carbonyl (C=O) groups excluding carboxylic acids is 2. The number of hydrogen-bond donors (Lipinski definition) is 1. The van der Waals surface area contributed by atoms with E-state index in [1.165, 1.54) is 4.88 Å². The third kappa shape index (κ3) is 3.54. The maximum Gasteiger partial charge on any atom is 0.341 e. The number of anilines is 1. The molecule has 0 saturated carbocycles. The lowest BCUT2D eigenvalue weighted by atomic mass is 9.75. The molecule has 2 aliphatic carbocycles. The number of hydrogen-bond acceptors (Lipinski definition) is 7. The zero-order valence-electron chi connectivity index (χ0n) is 19.2. The van der Waals surface area contributed by atoms with Crippen molar-refractivity contribution in [2.75, 3.05) is 11.5 Å². The van der Waals surface area contributed by atoms with Crippen molar-refractivity contribution in [2.24, 2.45) is 5.73 Å². The minimum absolute atomic E-state index is 0.0411. The van der Waals surface area contributed by atoms with Gasteiger partial charge in [-0.1, -0.05) is 30.3 Å². The molecule has 2 aromatic rings. The van der Waals surface area contributed by atoms with Crippen molar-refractivity contribution in [3.05, 3.63) is 74.6 Å². The highest BCUT2D eigenvalue weighted by Crippen LogP contribution is 2.50. The molecule has 2 N–H and O–H groups in total. The first-order valence-electron chi connectivity index (χ1n) is 11.9. The van der Waals surface area contributed by atoms with Crippen LogP contribution in [0.1, 0.15) is 71.3 Å². The van der Waals surface area contributed by atoms with Crippen LogP contribution in [-0.4, -0.2) is 18.4 Å². The Morgan fingerprint density at radius 2 is 1.94 bits per heavy atom. The summed E-state index contributed by atoms with van der Waals surface area (Å²) < 4.78 is 5.46. The summed E-state index contributed by atoms with van der Waals surface area (Å²) in [6, 6.07) is 11.9. The molecule has 3 aliphatic rings. The largest absolute Gasteiger partial charge is 0.462 e. The van der Waals surface area contributed by atoms with Crippen LogP contribution in [0.4, 0.5) is 5.00 Å². The van der Waals surface area contributed by atoms with Crippen LogP contribution in [0.5, 0.6) is 0 Å². The van der Waals surface area contributed by atoms with E-state index < -0.39 is 5.92 Å². The zero-order chi connectivity index (χ0) is 23.8. The van der Waals surface area contributed by atoms with Gasteiger partial charge in [0.05, 0.1) is 29.7 Å². The van der Waals surface area contributed by atoms with Gasteiger partial charge in [0.1, 0.15) is 10.8 Å². The van der Waals surface area contributed by atoms with Crippen molar-refractivity contribution in [3.8, 4) is 6.07 Å². The van der Waals surface area contributed by atoms with E-state index in [1.54, 1.807) is 18.3 Å². The van der Waals surface area contributed by atoms with E-state index in [0.29, 0.717) is 46.8 Å². The molecule has 0 fully saturated rings. The predicted molar refractivity (Wildman–Crippen MR) is 131 cm³/mol. The monoisotopic (exact) mass is 473 g/mol. The standard InChI is InChI=1S/C27H27N3O3S/c1-2-33-27(32)23-17-11-6-7-14-21(17)34-26(23)30-19-12-8-13-20(31)24(19)22(18(15-28)25(30)29)16-9-4-3-5-10-16/h3-5,9-10,22H,2,6-8,11-14,29H2,1H3. The summed E-state index contributed by atoms with van der Waals surface area (Å²) in [7, 11) is 0. The summed E-state index contributed by atoms with van der Waals surface area (Å²) in [6.07, 6.45) is 5.64. The fourth-order valence-electron chi connectivity index (χ4n) is 5.42. The van der Waals surface area contributed by atoms with Crippen molar-refractivity contribution >= 4 is 28.1 Å². The first-order valence-corrected chi connectivity index (χ1v) is 12.7. The van der Waals surface area contributed by atoms with E-state index in [1.807, 2.05) is 35.2 Å². The summed E-state index contributed by atoms with van der Waals surface area (Å²) in [6.45, 7) is 2.07. The van der Waals surface area contributed by atoms with Crippen molar-refractivity contribution in [1.29, 1.82) is 5.26 Å². The first-order chi connectivity index (χ1) is 16.6. The van der Waals surface area contributed by atoms with Crippen LogP contribution < -0.4 is 10.6 Å². The van der Waals surface area contributed by atoms with Gasteiger partial charge >= 0.3 is 5.97 Å². The van der Waals surface area contributed by atoms with E-state index in [-0.39, 0.29) is 18.4 Å². The number of carbonyl (C=O) groups is 2. The van der Waals surface area contributed by atoms with E-state index in [2.05, 4.69) is 6.07 Å². The number of nitrogens with zero attached hydrogens (tertiary/aromatic N) is 2. The Morgan fingerprint density at radius 3 is 2.68 bits per heavy atom. The molecule has 1 aromatic carbocycles. The number of Topliss-reactive ketones (excluding diaryl/α,β-unsaturated/α-hetero) is 1. The summed E-state index contributed by atoms with van der Waals surface area (Å²) in [5, 5.41) is 10.9. The molecule has 0 saturated heterocycles. The Hall–Kier alpha value is -3.37. The number of benzene rings is 1. The molecule has 2 heterocycles. The van der Waals surface area contributed by atoms with Crippen LogP contribution >= 0.6 is 11.3 Å². The molecule has 174 valence electrons. The summed E-state index contributed by atoms with van der Waals surface area (Å²) in [5.41, 5.74) is 11.0. The lowest BCUT2D eigenvalue weighted by molar-refractivity contribution is -0.116. The lowest BCUT2D eigenvalue weighted by Crippen LogP contribution is -2.39. The van der Waals surface area contributed by atoms with Crippen molar-refractivity contribution < 1.29 is 14.3 Å². The highest BCUT2D eigenvalue weighted by atomic mass is 32.1. The van der Waals surface area contributed by atoms with Gasteiger partial charge in [0.25, 0.3) is 0 Å². The predicted octanol–water partition coefficient (Wildman–Crippen LogP) is 5.11. The molecule has 34 heavy (non-hydrogen) atoms. The fourth-order valence-corrected chi connectivity index (χ4v) is 6.84. The number of aryl methyl sites for hydroxylation is 1. The van der Waals surface area contributed by atoms with Crippen LogP contribution in [0.15, 0.2) is 53.0 Å². The van der Waals surface area contributed by atoms with Gasteiger partial charge < -0.3 is 10.5 Å². The minimum Gasteiger partial charge on any atom is -0.462 e. The summed E-state index contributed by atoms with van der Waals surface area (Å²) in [5.74, 6) is -0.517. The SMILES string of the molecule is CCOC(=O)c1c(N2C(N)=C(C#N)C(c3ccccc3)C3=C2CCCC3=O)sc2c1CCCC2. The second kappa shape index (κ2) is 9.11. The summed E-state index contributed by atoms with van der Waals surface area (Å²) in [4.78, 5) is 29.5. The van der Waals surface area contributed by atoms with Crippen molar-refractivity contribution in [3.63, 3.8) is 0 Å². The van der Waals surface area contributed by atoms with Crippen LogP contribution in [-0.2, 0) is 22.4 Å². The number of rotatable bonds is 4. The summed E-state index contributed by atoms with van der Waals surface area (Å²) >= 11 is 1.55. The number of esters is 1. The fraction of sp³-hybridized carbons (Fsp3) is 0.370. The van der Waals surface area contributed by atoms with Gasteiger partial charge in [-0.2, -0.15) is 5.26 Å². The van der Waals surface area contributed by atoms with Crippen LogP contribution in [0.25, 0.3) is 0 Å². The zero-order valence-corrected chi connectivity index (χ0v) is 20.0. The van der Waals surface area contributed by atoms with Gasteiger partial charge in [0.15, 0.2) is 5.78 Å². The first kappa shape index (κ1) is 22.4. The molecule has 0 radical (unpaired) electrons. The normalized spacial score (nSPS) is 20.1. The van der Waals surface area contributed by atoms with Crippen LogP contribution in [0.3, 0.4) is 0 Å². The highest BCUT2D eigenvalue weighted by molar-refractivity contribution is 7.16. The van der Waals surface area contributed by atoms with Gasteiger partial charge in [0, 0.05) is 22.6 Å². The topological polar surface area (TPSA) is 96.4 Å². The van der Waals surface area contributed by atoms with E-state index in [9.17, 15) is 14.9 Å². The number of ether oxygens (including phenoxy) is 1. The quantitative estimate of drug-likeness (QED) is 0.620. The Labute approximate surface area is 203 Å². The second-order valence-corrected chi connectivity index (χ2v) is 9.92. The average molecular weight is 474 g/mol. The van der Waals surface area contributed by atoms with Gasteiger partial charge in [-0.05, 0) is 56.6 Å². The van der Waals surface area contributed by atoms with E-state index in [4.69, 9.17) is 10.5 Å². The average Bonchev–Trinajstić information content (AvgIpc) is 3.23. The van der Waals surface area contributed by atoms with Gasteiger partial charge in [-0.15, -0.1) is 11.3 Å². The Kier molecular flexibility index (Phi) is 6.01. The molecule has 1 aliphatic heterocycles. The van der Waals surface area contributed by atoms with E-state index >= 15 is 0 Å². The third-order valence-corrected chi connectivity index (χ3v) is 8.16. The molecule has 1 atom stereocenters. The Morgan fingerprint density at radius 1 is 1.18 bits per heavy atom. The number of nitriles is 1. The molecule has 5 rings (SSSR count). The number of thiophene rings is 1. The van der Waals surface area contributed by atoms with Crippen molar-refractivity contribution in [2.45, 2.75) is 57.8 Å². The highest BCUT2D eigenvalue weighted by Gasteiger charge is 2.42. The maximum absolute atomic E-state index is 13.3. The lowest BCUT2D eigenvalue weighted by Gasteiger charge is -2.39. The number of allylic oxidation sites excluding steroid dienone is 3. The number of ketones is 1. The van der Waals surface area contributed by atoms with Crippen LogP contribution in [0, 0.1) is 11.3 Å². The van der Waals surface area contributed by atoms with Crippen LogP contribution in [0.2, 0.25) is 0 Å². The smallest absolute Gasteiger partial charge is 0.341 e. The third-order valence-electron chi connectivity index (χ3n) is 6.88. The van der Waals surface area contributed by atoms with E-state index in [0.717, 1.165) is 42.5 Å². The second-order valence-electron chi connectivity index (χ2n) is 8.84. The molecule has 7 heteroatoms. The maximum atomic E-state index is 13.3. The number of nitrogens with two attached hydrogens (primary N) is 1. The molecule has 0 bridgehead atoms. The molecule has 1 unspecified atom stereocenters. The Balaban J connectivity index is 1.76. The molecule has 6 nitrogen and oxygen atoms in total. The molecular formula is C27H27N3O3S. The number of fused-ring (bicyclic) bond motifs is 1. The van der Waals surface area contributed by atoms with Gasteiger partial charge in [-0.25, -0.2) is 4.79 Å². The molecular weight excluding hydrogens is 446 g/mol. The molecule has 0 amide bonds. The molecule has 1 aromatic heterocycles. The Bertz CT molecular complexity index is 1270. The minimum atomic E-state index is -0.495.